The summed E-state index contributed by atoms with van der Waals surface area (Å²) < 4.78 is 0. The Kier molecular flexibility index (Phi) is 3.94. The van der Waals surface area contributed by atoms with E-state index in [2.05, 4.69) is 29.7 Å². The van der Waals surface area contributed by atoms with Crippen LogP contribution in [-0.4, -0.2) is 6.54 Å². The average molecular weight is 167 g/mol. The van der Waals surface area contributed by atoms with Crippen LogP contribution < -0.4 is 5.73 Å². The normalized spacial score (nSPS) is 11.0. The van der Waals surface area contributed by atoms with Crippen molar-refractivity contribution in [2.45, 2.75) is 12.8 Å². The second-order valence-corrected chi connectivity index (χ2v) is 3.33. The third-order valence-corrected chi connectivity index (χ3v) is 2.24. The summed E-state index contributed by atoms with van der Waals surface area (Å²) in [4.78, 5) is 1.32. The van der Waals surface area contributed by atoms with Crippen LogP contribution in [-0.2, 0) is 0 Å². The Morgan fingerprint density at radius 3 is 3.09 bits per heavy atom. The fourth-order valence-electron chi connectivity index (χ4n) is 0.821. The first-order chi connectivity index (χ1) is 5.43. The highest BCUT2D eigenvalue weighted by atomic mass is 32.1. The molecule has 1 heterocycles. The van der Waals surface area contributed by atoms with Crippen LogP contribution >= 0.6 is 11.3 Å². The molecule has 1 aromatic rings. The van der Waals surface area contributed by atoms with E-state index in [1.165, 1.54) is 4.88 Å². The van der Waals surface area contributed by atoms with Gasteiger partial charge in [0.2, 0.25) is 0 Å². The first-order valence-electron chi connectivity index (χ1n) is 3.83. The van der Waals surface area contributed by atoms with Crippen molar-refractivity contribution in [3.8, 4) is 0 Å². The van der Waals surface area contributed by atoms with Crippen LogP contribution in [0.15, 0.2) is 23.6 Å². The number of nitrogens with two attached hydrogens (primary N) is 1. The summed E-state index contributed by atoms with van der Waals surface area (Å²) in [6.07, 6.45) is 6.51. The van der Waals surface area contributed by atoms with E-state index in [0.717, 1.165) is 19.4 Å². The summed E-state index contributed by atoms with van der Waals surface area (Å²) in [5.41, 5.74) is 5.36. The van der Waals surface area contributed by atoms with Crippen molar-refractivity contribution < 1.29 is 0 Å². The number of thiophene rings is 1. The van der Waals surface area contributed by atoms with Gasteiger partial charge in [0.25, 0.3) is 0 Å². The molecule has 11 heavy (non-hydrogen) atoms. The molecule has 0 aliphatic heterocycles. The molecule has 0 amide bonds. The lowest BCUT2D eigenvalue weighted by molar-refractivity contribution is 0.857. The highest BCUT2D eigenvalue weighted by Gasteiger charge is 1.83. The van der Waals surface area contributed by atoms with Crippen LogP contribution in [0.3, 0.4) is 0 Å². The molecule has 0 spiro atoms. The number of rotatable bonds is 4. The lowest BCUT2D eigenvalue weighted by atomic mass is 10.3. The van der Waals surface area contributed by atoms with Gasteiger partial charge in [-0.25, -0.2) is 0 Å². The largest absolute Gasteiger partial charge is 0.330 e. The summed E-state index contributed by atoms with van der Waals surface area (Å²) >= 11 is 1.76. The average Bonchev–Trinajstić information content (AvgIpc) is 2.50. The number of hydrogen-bond acceptors (Lipinski definition) is 2. The van der Waals surface area contributed by atoms with Crippen molar-refractivity contribution in [3.05, 3.63) is 28.5 Å². The van der Waals surface area contributed by atoms with E-state index < -0.39 is 0 Å². The van der Waals surface area contributed by atoms with Crippen molar-refractivity contribution in [1.82, 2.24) is 0 Å². The minimum absolute atomic E-state index is 0.786. The quantitative estimate of drug-likeness (QED) is 0.685. The lowest BCUT2D eigenvalue weighted by Gasteiger charge is -1.87. The molecule has 60 valence electrons. The minimum Gasteiger partial charge on any atom is -0.330 e. The van der Waals surface area contributed by atoms with Gasteiger partial charge in [0.15, 0.2) is 0 Å². The van der Waals surface area contributed by atoms with Crippen molar-refractivity contribution in [2.24, 2.45) is 5.73 Å². The second-order valence-electron chi connectivity index (χ2n) is 2.35. The van der Waals surface area contributed by atoms with E-state index in [-0.39, 0.29) is 0 Å². The zero-order valence-corrected chi connectivity index (χ0v) is 7.31. The molecule has 0 radical (unpaired) electrons. The number of allylic oxidation sites excluding steroid dienone is 1. The molecule has 0 saturated heterocycles. The third-order valence-electron chi connectivity index (χ3n) is 1.40. The van der Waals surface area contributed by atoms with Crippen LogP contribution in [0, 0.1) is 0 Å². The Labute approximate surface area is 71.5 Å². The van der Waals surface area contributed by atoms with Gasteiger partial charge in [0, 0.05) is 4.88 Å². The first-order valence-corrected chi connectivity index (χ1v) is 4.71. The van der Waals surface area contributed by atoms with Gasteiger partial charge in [-0.05, 0) is 36.9 Å². The maximum absolute atomic E-state index is 5.36. The summed E-state index contributed by atoms with van der Waals surface area (Å²) in [7, 11) is 0. The maximum Gasteiger partial charge on any atom is 0.0267 e. The first kappa shape index (κ1) is 8.50. The number of unbranched alkanes of at least 4 members (excludes halogenated alkanes) is 1. The summed E-state index contributed by atoms with van der Waals surface area (Å²) in [5, 5.41) is 2.09. The Bertz CT molecular complexity index is 201. The van der Waals surface area contributed by atoms with Crippen molar-refractivity contribution in [1.29, 1.82) is 0 Å². The molecule has 0 atom stereocenters. The standard InChI is InChI=1S/C9H13NS/c10-7-3-1-2-5-9-6-4-8-11-9/h2,4-6,8H,1,3,7,10H2/b5-2+. The van der Waals surface area contributed by atoms with Crippen LogP contribution in [0.25, 0.3) is 6.08 Å². The molecular weight excluding hydrogens is 154 g/mol. The SMILES string of the molecule is NCCC/C=C/c1cccs1. The van der Waals surface area contributed by atoms with Crippen LogP contribution in [0.4, 0.5) is 0 Å². The lowest BCUT2D eigenvalue weighted by Crippen LogP contribution is -1.96. The fourth-order valence-corrected chi connectivity index (χ4v) is 1.47. The molecular formula is C9H13NS. The van der Waals surface area contributed by atoms with Gasteiger partial charge < -0.3 is 5.73 Å². The van der Waals surface area contributed by atoms with E-state index >= 15 is 0 Å². The maximum atomic E-state index is 5.36. The molecule has 0 aliphatic rings. The molecule has 2 N–H and O–H groups in total. The van der Waals surface area contributed by atoms with E-state index in [4.69, 9.17) is 5.73 Å². The predicted octanol–water partition coefficient (Wildman–Crippen LogP) is 2.50. The Morgan fingerprint density at radius 1 is 1.55 bits per heavy atom. The van der Waals surface area contributed by atoms with Gasteiger partial charge in [0.1, 0.15) is 0 Å². The topological polar surface area (TPSA) is 26.0 Å². The van der Waals surface area contributed by atoms with E-state index in [0.29, 0.717) is 0 Å². The molecule has 2 heteroatoms. The van der Waals surface area contributed by atoms with E-state index in [9.17, 15) is 0 Å². The summed E-state index contributed by atoms with van der Waals surface area (Å²) in [6.45, 7) is 0.786. The van der Waals surface area contributed by atoms with Gasteiger partial charge in [-0.15, -0.1) is 11.3 Å². The van der Waals surface area contributed by atoms with Gasteiger partial charge in [-0.1, -0.05) is 12.1 Å². The minimum atomic E-state index is 0.786. The van der Waals surface area contributed by atoms with E-state index in [1.807, 2.05) is 0 Å². The molecule has 0 saturated carbocycles. The molecule has 1 aromatic heterocycles. The smallest absolute Gasteiger partial charge is 0.0267 e. The Balaban J connectivity index is 2.25. The third kappa shape index (κ3) is 3.35. The van der Waals surface area contributed by atoms with Crippen molar-refractivity contribution in [3.63, 3.8) is 0 Å². The van der Waals surface area contributed by atoms with Crippen molar-refractivity contribution >= 4 is 17.4 Å². The molecule has 0 aliphatic carbocycles. The van der Waals surface area contributed by atoms with Gasteiger partial charge in [0.05, 0.1) is 0 Å². The van der Waals surface area contributed by atoms with Gasteiger partial charge in [-0.2, -0.15) is 0 Å². The van der Waals surface area contributed by atoms with Crippen LogP contribution in [0.2, 0.25) is 0 Å². The molecule has 0 fully saturated rings. The fraction of sp³-hybridized carbons (Fsp3) is 0.333. The predicted molar refractivity (Wildman–Crippen MR) is 51.6 cm³/mol. The molecule has 1 rings (SSSR count). The second kappa shape index (κ2) is 5.10. The van der Waals surface area contributed by atoms with E-state index in [1.54, 1.807) is 11.3 Å². The molecule has 0 bridgehead atoms. The number of hydrogen-bond donors (Lipinski definition) is 1. The highest BCUT2D eigenvalue weighted by molar-refractivity contribution is 7.10. The zero-order valence-electron chi connectivity index (χ0n) is 6.49. The summed E-state index contributed by atoms with van der Waals surface area (Å²) in [5.74, 6) is 0. The Morgan fingerprint density at radius 2 is 2.45 bits per heavy atom. The highest BCUT2D eigenvalue weighted by Crippen LogP contribution is 2.10. The van der Waals surface area contributed by atoms with Crippen molar-refractivity contribution in [2.75, 3.05) is 6.54 Å². The molecule has 0 unspecified atom stereocenters. The Hall–Kier alpha value is -0.600. The zero-order chi connectivity index (χ0) is 7.94. The monoisotopic (exact) mass is 167 g/mol. The van der Waals surface area contributed by atoms with Crippen LogP contribution in [0.1, 0.15) is 17.7 Å². The van der Waals surface area contributed by atoms with Crippen LogP contribution in [0.5, 0.6) is 0 Å². The van der Waals surface area contributed by atoms with Gasteiger partial charge >= 0.3 is 0 Å². The summed E-state index contributed by atoms with van der Waals surface area (Å²) in [6, 6.07) is 4.18. The van der Waals surface area contributed by atoms with Gasteiger partial charge in [-0.3, -0.25) is 0 Å². The molecule has 1 nitrogen and oxygen atoms in total. The molecule has 0 aromatic carbocycles.